The highest BCUT2D eigenvalue weighted by Crippen LogP contribution is 2.54. The van der Waals surface area contributed by atoms with Gasteiger partial charge in [0.15, 0.2) is 0 Å². The first-order valence-electron chi connectivity index (χ1n) is 13.3. The van der Waals surface area contributed by atoms with Crippen molar-refractivity contribution in [3.05, 3.63) is 126 Å². The molecule has 1 nitrogen and oxygen atoms in total. The van der Waals surface area contributed by atoms with Gasteiger partial charge in [0.05, 0.1) is 11.4 Å². The quantitative estimate of drug-likeness (QED) is 0.216. The maximum absolute atomic E-state index is 2.51. The first-order chi connectivity index (χ1) is 18.8. The molecular formula is C36H23NS. The predicted octanol–water partition coefficient (Wildman–Crippen LogP) is 10.4. The van der Waals surface area contributed by atoms with Crippen molar-refractivity contribution in [2.45, 2.75) is 12.8 Å². The summed E-state index contributed by atoms with van der Waals surface area (Å²) in [4.78, 5) is 2.51. The van der Waals surface area contributed by atoms with Gasteiger partial charge in [-0.3, -0.25) is 0 Å². The van der Waals surface area contributed by atoms with Crippen molar-refractivity contribution in [3.8, 4) is 22.3 Å². The topological polar surface area (TPSA) is 3.24 Å². The summed E-state index contributed by atoms with van der Waals surface area (Å²) in [6.45, 7) is 0. The summed E-state index contributed by atoms with van der Waals surface area (Å²) < 4.78 is 2.70. The van der Waals surface area contributed by atoms with Crippen molar-refractivity contribution in [1.82, 2.24) is 0 Å². The van der Waals surface area contributed by atoms with E-state index >= 15 is 0 Å². The molecule has 0 radical (unpaired) electrons. The van der Waals surface area contributed by atoms with Gasteiger partial charge in [-0.15, -0.1) is 11.3 Å². The molecule has 1 aromatic heterocycles. The smallest absolute Gasteiger partial charge is 0.0561 e. The van der Waals surface area contributed by atoms with E-state index in [4.69, 9.17) is 0 Å². The number of nitrogens with zero attached hydrogens (tertiary/aromatic N) is 1. The predicted molar refractivity (Wildman–Crippen MR) is 163 cm³/mol. The summed E-state index contributed by atoms with van der Waals surface area (Å²) in [6, 6.07) is 43.0. The van der Waals surface area contributed by atoms with Crippen LogP contribution in [-0.2, 0) is 12.8 Å². The summed E-state index contributed by atoms with van der Waals surface area (Å²) in [6.07, 6.45) is 2.18. The Balaban J connectivity index is 1.36. The third-order valence-electron chi connectivity index (χ3n) is 8.47. The van der Waals surface area contributed by atoms with Crippen LogP contribution in [0.3, 0.4) is 0 Å². The van der Waals surface area contributed by atoms with Crippen LogP contribution in [-0.4, -0.2) is 0 Å². The van der Waals surface area contributed by atoms with Gasteiger partial charge >= 0.3 is 0 Å². The van der Waals surface area contributed by atoms with E-state index in [0.717, 1.165) is 12.8 Å². The SMILES string of the molecule is c1ccc2c(c1)CCc1cc(N3c4ccccc4-c4cccc5c4c3cc3sc4ccccc4c35)ccc1-2. The molecule has 0 atom stereocenters. The van der Waals surface area contributed by atoms with Gasteiger partial charge in [0, 0.05) is 36.8 Å². The van der Waals surface area contributed by atoms with Gasteiger partial charge in [0.2, 0.25) is 0 Å². The summed E-state index contributed by atoms with van der Waals surface area (Å²) >= 11 is 1.90. The largest absolute Gasteiger partial charge is 0.309 e. The number of anilines is 3. The minimum absolute atomic E-state index is 1.08. The number of hydrogen-bond donors (Lipinski definition) is 0. The molecule has 6 aromatic carbocycles. The van der Waals surface area contributed by atoms with E-state index in [9.17, 15) is 0 Å². The molecule has 2 heterocycles. The first kappa shape index (κ1) is 20.6. The lowest BCUT2D eigenvalue weighted by Crippen LogP contribution is -2.16. The van der Waals surface area contributed by atoms with Crippen molar-refractivity contribution in [2.24, 2.45) is 0 Å². The standard InChI is InChI=1S/C36H23NS/c1-2-9-25-22(8-1)16-17-23-20-24(18-19-26(23)25)37-31-14-5-3-10-27(31)28-12-7-13-30-35(28)32(37)21-34-36(30)29-11-4-6-15-33(29)38-34/h1-15,18-21H,16-17H2. The molecule has 1 aliphatic heterocycles. The fourth-order valence-electron chi connectivity index (χ4n) is 6.84. The minimum atomic E-state index is 1.08. The van der Waals surface area contributed by atoms with Crippen LogP contribution in [0.4, 0.5) is 17.1 Å². The molecule has 0 saturated carbocycles. The molecule has 1 aliphatic carbocycles. The molecule has 2 aliphatic rings. The molecule has 38 heavy (non-hydrogen) atoms. The maximum Gasteiger partial charge on any atom is 0.0561 e. The average molecular weight is 502 g/mol. The molecule has 0 spiro atoms. The number of benzene rings is 6. The summed E-state index contributed by atoms with van der Waals surface area (Å²) in [5.74, 6) is 0. The van der Waals surface area contributed by atoms with E-state index in [0.29, 0.717) is 0 Å². The zero-order valence-corrected chi connectivity index (χ0v) is 21.6. The number of thiophene rings is 1. The Bertz CT molecular complexity index is 2100. The minimum Gasteiger partial charge on any atom is -0.309 e. The lowest BCUT2D eigenvalue weighted by molar-refractivity contribution is 0.941. The lowest BCUT2D eigenvalue weighted by atomic mass is 9.85. The monoisotopic (exact) mass is 501 g/mol. The van der Waals surface area contributed by atoms with Crippen LogP contribution >= 0.6 is 11.3 Å². The molecule has 0 unspecified atom stereocenters. The van der Waals surface area contributed by atoms with Crippen LogP contribution < -0.4 is 4.90 Å². The maximum atomic E-state index is 2.51. The number of para-hydroxylation sites is 1. The van der Waals surface area contributed by atoms with Crippen LogP contribution in [0.15, 0.2) is 115 Å². The van der Waals surface area contributed by atoms with Crippen molar-refractivity contribution in [1.29, 1.82) is 0 Å². The highest BCUT2D eigenvalue weighted by atomic mass is 32.1. The number of rotatable bonds is 1. The Morgan fingerprint density at radius 2 is 1.21 bits per heavy atom. The average Bonchev–Trinajstić information content (AvgIpc) is 3.36. The summed E-state index contributed by atoms with van der Waals surface area (Å²) in [5.41, 5.74) is 12.1. The fraction of sp³-hybridized carbons (Fsp3) is 0.0556. The second-order valence-corrected chi connectivity index (χ2v) is 11.5. The zero-order chi connectivity index (χ0) is 24.8. The van der Waals surface area contributed by atoms with Crippen molar-refractivity contribution in [2.75, 3.05) is 4.90 Å². The second-order valence-electron chi connectivity index (χ2n) is 10.4. The van der Waals surface area contributed by atoms with Crippen molar-refractivity contribution >= 4 is 59.3 Å². The van der Waals surface area contributed by atoms with E-state index in [1.54, 1.807) is 0 Å². The van der Waals surface area contributed by atoms with Crippen molar-refractivity contribution in [3.63, 3.8) is 0 Å². The Morgan fingerprint density at radius 3 is 2.18 bits per heavy atom. The molecule has 0 saturated heterocycles. The lowest BCUT2D eigenvalue weighted by Gasteiger charge is -2.34. The molecular weight excluding hydrogens is 478 g/mol. The third-order valence-corrected chi connectivity index (χ3v) is 9.59. The molecule has 2 heteroatoms. The van der Waals surface area contributed by atoms with Gasteiger partial charge in [-0.25, -0.2) is 0 Å². The zero-order valence-electron chi connectivity index (χ0n) is 20.7. The van der Waals surface area contributed by atoms with Gasteiger partial charge in [-0.05, 0) is 76.4 Å². The first-order valence-corrected chi connectivity index (χ1v) is 14.1. The molecule has 7 aromatic rings. The highest BCUT2D eigenvalue weighted by Gasteiger charge is 2.28. The molecule has 9 rings (SSSR count). The van der Waals surface area contributed by atoms with Crippen LogP contribution in [0.2, 0.25) is 0 Å². The summed E-state index contributed by atoms with van der Waals surface area (Å²) in [5, 5.41) is 5.44. The Kier molecular flexibility index (Phi) is 4.11. The molecule has 0 amide bonds. The number of fused-ring (bicyclic) bond motifs is 9. The van der Waals surface area contributed by atoms with Crippen LogP contribution in [0.1, 0.15) is 11.1 Å². The van der Waals surface area contributed by atoms with Gasteiger partial charge < -0.3 is 4.90 Å². The molecule has 0 bridgehead atoms. The van der Waals surface area contributed by atoms with Crippen LogP contribution in [0.5, 0.6) is 0 Å². The van der Waals surface area contributed by atoms with Gasteiger partial charge in [0.25, 0.3) is 0 Å². The van der Waals surface area contributed by atoms with Gasteiger partial charge in [-0.2, -0.15) is 0 Å². The highest BCUT2D eigenvalue weighted by molar-refractivity contribution is 7.26. The van der Waals surface area contributed by atoms with Crippen molar-refractivity contribution < 1.29 is 0 Å². The molecule has 178 valence electrons. The summed E-state index contributed by atoms with van der Waals surface area (Å²) in [7, 11) is 0. The fourth-order valence-corrected chi connectivity index (χ4v) is 8.00. The Hall–Kier alpha value is -4.40. The number of aryl methyl sites for hydroxylation is 2. The normalized spacial score (nSPS) is 13.5. The Labute approximate surface area is 225 Å². The van der Waals surface area contributed by atoms with E-state index in [1.165, 1.54) is 81.4 Å². The number of hydrogen-bond acceptors (Lipinski definition) is 2. The van der Waals surface area contributed by atoms with E-state index in [2.05, 4.69) is 120 Å². The van der Waals surface area contributed by atoms with E-state index < -0.39 is 0 Å². The second kappa shape index (κ2) is 7.56. The van der Waals surface area contributed by atoms with Gasteiger partial charge in [-0.1, -0.05) is 84.9 Å². The van der Waals surface area contributed by atoms with Crippen LogP contribution in [0, 0.1) is 0 Å². The van der Waals surface area contributed by atoms with E-state index in [-0.39, 0.29) is 0 Å². The molecule has 0 N–H and O–H groups in total. The van der Waals surface area contributed by atoms with Crippen LogP contribution in [0.25, 0.3) is 53.2 Å². The Morgan fingerprint density at radius 1 is 0.474 bits per heavy atom. The molecule has 0 fully saturated rings. The third kappa shape index (κ3) is 2.70. The van der Waals surface area contributed by atoms with Gasteiger partial charge in [0.1, 0.15) is 0 Å². The van der Waals surface area contributed by atoms with E-state index in [1.807, 2.05) is 11.3 Å².